The summed E-state index contributed by atoms with van der Waals surface area (Å²) in [5.41, 5.74) is 3.16. The van der Waals surface area contributed by atoms with Crippen molar-refractivity contribution in [3.8, 4) is 5.75 Å². The van der Waals surface area contributed by atoms with E-state index in [1.165, 1.54) is 0 Å². The largest absolute Gasteiger partial charge is 0.493 e. The van der Waals surface area contributed by atoms with Crippen molar-refractivity contribution in [2.75, 3.05) is 6.61 Å². The number of aliphatic hydroxyl groups is 2. The van der Waals surface area contributed by atoms with Gasteiger partial charge in [-0.3, -0.25) is 4.79 Å². The van der Waals surface area contributed by atoms with Gasteiger partial charge in [0.15, 0.2) is 0 Å². The van der Waals surface area contributed by atoms with E-state index in [1.807, 2.05) is 98.8 Å². The molecule has 0 saturated heterocycles. The molecular formula is C30H34O5. The van der Waals surface area contributed by atoms with Crippen LogP contribution in [0.15, 0.2) is 84.9 Å². The Morgan fingerprint density at radius 1 is 0.971 bits per heavy atom. The number of ether oxygens (including phenoxy) is 1. The predicted molar refractivity (Wildman–Crippen MR) is 138 cm³/mol. The number of benzene rings is 3. The second-order valence-electron chi connectivity index (χ2n) is 9.23. The highest BCUT2D eigenvalue weighted by molar-refractivity contribution is 5.67. The van der Waals surface area contributed by atoms with Gasteiger partial charge in [0.1, 0.15) is 5.75 Å². The SMILES string of the molecule is CC(C)(c1ccccc1)C(O)c1cccc(/C=C/C(O)CCOc2ccccc2CCC(=O)O)c1. The lowest BCUT2D eigenvalue weighted by molar-refractivity contribution is -0.136. The zero-order chi connectivity index (χ0) is 25.3. The average Bonchev–Trinajstić information content (AvgIpc) is 2.87. The molecule has 0 aliphatic heterocycles. The van der Waals surface area contributed by atoms with E-state index in [-0.39, 0.29) is 6.42 Å². The van der Waals surface area contributed by atoms with Crippen molar-refractivity contribution < 1.29 is 24.9 Å². The molecule has 2 unspecified atom stereocenters. The molecule has 2 atom stereocenters. The van der Waals surface area contributed by atoms with E-state index in [9.17, 15) is 15.0 Å². The molecule has 5 nitrogen and oxygen atoms in total. The van der Waals surface area contributed by atoms with Gasteiger partial charge in [0.05, 0.1) is 18.8 Å². The van der Waals surface area contributed by atoms with E-state index >= 15 is 0 Å². The molecule has 3 N–H and O–H groups in total. The van der Waals surface area contributed by atoms with Crippen LogP contribution in [0.2, 0.25) is 0 Å². The maximum atomic E-state index is 11.1. The highest BCUT2D eigenvalue weighted by Crippen LogP contribution is 2.37. The molecule has 0 spiro atoms. The van der Waals surface area contributed by atoms with Crippen molar-refractivity contribution >= 4 is 12.0 Å². The van der Waals surface area contributed by atoms with E-state index in [4.69, 9.17) is 9.84 Å². The van der Waals surface area contributed by atoms with Crippen LogP contribution < -0.4 is 4.74 Å². The lowest BCUT2D eigenvalue weighted by Gasteiger charge is -2.31. The minimum Gasteiger partial charge on any atom is -0.493 e. The van der Waals surface area contributed by atoms with Crippen LogP contribution in [0.5, 0.6) is 5.75 Å². The summed E-state index contributed by atoms with van der Waals surface area (Å²) in [4.78, 5) is 10.9. The third-order valence-electron chi connectivity index (χ3n) is 6.19. The highest BCUT2D eigenvalue weighted by atomic mass is 16.5. The van der Waals surface area contributed by atoms with Gasteiger partial charge < -0.3 is 20.1 Å². The second kappa shape index (κ2) is 12.3. The third kappa shape index (κ3) is 7.54. The molecule has 0 amide bonds. The zero-order valence-electron chi connectivity index (χ0n) is 20.3. The number of carbonyl (C=O) groups is 1. The van der Waals surface area contributed by atoms with E-state index in [0.29, 0.717) is 25.2 Å². The molecule has 0 saturated carbocycles. The molecule has 184 valence electrons. The van der Waals surface area contributed by atoms with Gasteiger partial charge in [0.25, 0.3) is 0 Å². The van der Waals surface area contributed by atoms with Gasteiger partial charge in [-0.25, -0.2) is 0 Å². The van der Waals surface area contributed by atoms with Crippen LogP contribution in [0.4, 0.5) is 0 Å². The number of carboxylic acids is 1. The lowest BCUT2D eigenvalue weighted by atomic mass is 9.76. The van der Waals surface area contributed by atoms with Crippen LogP contribution in [-0.4, -0.2) is 34.0 Å². The van der Waals surface area contributed by atoms with Crippen LogP contribution >= 0.6 is 0 Å². The highest BCUT2D eigenvalue weighted by Gasteiger charge is 2.30. The molecule has 0 aromatic heterocycles. The van der Waals surface area contributed by atoms with E-state index < -0.39 is 23.6 Å². The number of para-hydroxylation sites is 1. The average molecular weight is 475 g/mol. The lowest BCUT2D eigenvalue weighted by Crippen LogP contribution is -2.26. The number of aliphatic hydroxyl groups excluding tert-OH is 2. The molecule has 0 fully saturated rings. The summed E-state index contributed by atoms with van der Waals surface area (Å²) in [6, 6.07) is 25.0. The monoisotopic (exact) mass is 474 g/mol. The Morgan fingerprint density at radius 2 is 1.69 bits per heavy atom. The minimum absolute atomic E-state index is 0.0437. The Bertz CT molecular complexity index is 1120. The van der Waals surface area contributed by atoms with Crippen molar-refractivity contribution in [2.45, 2.75) is 50.7 Å². The summed E-state index contributed by atoms with van der Waals surface area (Å²) < 4.78 is 5.80. The molecule has 35 heavy (non-hydrogen) atoms. The predicted octanol–water partition coefficient (Wildman–Crippen LogP) is 5.56. The number of rotatable bonds is 12. The summed E-state index contributed by atoms with van der Waals surface area (Å²) in [5.74, 6) is -0.201. The van der Waals surface area contributed by atoms with Crippen LogP contribution in [0, 0.1) is 0 Å². The molecule has 3 aromatic rings. The molecular weight excluding hydrogens is 440 g/mol. The molecule has 3 aromatic carbocycles. The smallest absolute Gasteiger partial charge is 0.303 e. The van der Waals surface area contributed by atoms with Gasteiger partial charge in [0, 0.05) is 18.3 Å². The Labute approximate surface area is 207 Å². The van der Waals surface area contributed by atoms with Crippen LogP contribution in [0.25, 0.3) is 6.08 Å². The van der Waals surface area contributed by atoms with Crippen LogP contribution in [-0.2, 0) is 16.6 Å². The second-order valence-corrected chi connectivity index (χ2v) is 9.23. The van der Waals surface area contributed by atoms with E-state index in [2.05, 4.69) is 0 Å². The first-order valence-corrected chi connectivity index (χ1v) is 11.9. The van der Waals surface area contributed by atoms with Gasteiger partial charge in [0.2, 0.25) is 0 Å². The molecule has 0 heterocycles. The quantitative estimate of drug-likeness (QED) is 0.320. The van der Waals surface area contributed by atoms with Crippen molar-refractivity contribution in [2.24, 2.45) is 0 Å². The molecule has 0 bridgehead atoms. The number of aliphatic carboxylic acids is 1. The molecule has 0 radical (unpaired) electrons. The fourth-order valence-electron chi connectivity index (χ4n) is 3.98. The van der Waals surface area contributed by atoms with Crippen LogP contribution in [0.1, 0.15) is 55.0 Å². The fraction of sp³-hybridized carbons (Fsp3) is 0.300. The van der Waals surface area contributed by atoms with Crippen molar-refractivity contribution in [3.63, 3.8) is 0 Å². The topological polar surface area (TPSA) is 87.0 Å². The maximum absolute atomic E-state index is 11.1. The first-order chi connectivity index (χ1) is 16.8. The Kier molecular flexibility index (Phi) is 9.24. The van der Waals surface area contributed by atoms with Gasteiger partial charge in [-0.2, -0.15) is 0 Å². The van der Waals surface area contributed by atoms with Crippen LogP contribution in [0.3, 0.4) is 0 Å². The summed E-state index contributed by atoms with van der Waals surface area (Å²) in [7, 11) is 0. The molecule has 0 aliphatic carbocycles. The number of aryl methyl sites for hydroxylation is 1. The normalized spacial score (nSPS) is 13.5. The molecule has 0 aliphatic rings. The summed E-state index contributed by atoms with van der Waals surface area (Å²) in [6.45, 7) is 4.36. The summed E-state index contributed by atoms with van der Waals surface area (Å²) in [5, 5.41) is 30.4. The molecule has 5 heteroatoms. The Morgan fingerprint density at radius 3 is 2.43 bits per heavy atom. The number of hydrogen-bond acceptors (Lipinski definition) is 4. The van der Waals surface area contributed by atoms with Gasteiger partial charge in [-0.15, -0.1) is 0 Å². The van der Waals surface area contributed by atoms with E-state index in [1.54, 1.807) is 6.08 Å². The number of hydrogen-bond donors (Lipinski definition) is 3. The molecule has 3 rings (SSSR count). The zero-order valence-corrected chi connectivity index (χ0v) is 20.3. The fourth-order valence-corrected chi connectivity index (χ4v) is 3.98. The Balaban J connectivity index is 1.57. The summed E-state index contributed by atoms with van der Waals surface area (Å²) in [6.07, 6.45) is 3.02. The van der Waals surface area contributed by atoms with E-state index in [0.717, 1.165) is 22.3 Å². The summed E-state index contributed by atoms with van der Waals surface area (Å²) >= 11 is 0. The van der Waals surface area contributed by atoms with Gasteiger partial charge in [-0.05, 0) is 40.8 Å². The first kappa shape index (κ1) is 26.2. The van der Waals surface area contributed by atoms with Crippen molar-refractivity contribution in [3.05, 3.63) is 107 Å². The van der Waals surface area contributed by atoms with Crippen molar-refractivity contribution in [1.82, 2.24) is 0 Å². The maximum Gasteiger partial charge on any atom is 0.303 e. The standard InChI is InChI=1S/C30H34O5/c1-30(2,25-12-4-3-5-13-25)29(34)24-11-8-9-22(21-24)15-17-26(31)19-20-35-27-14-7-6-10-23(27)16-18-28(32)33/h3-15,17,21,26,29,31,34H,16,18-20H2,1-2H3,(H,32,33)/b17-15+. The van der Waals surface area contributed by atoms with Gasteiger partial charge in [-0.1, -0.05) is 92.7 Å². The van der Waals surface area contributed by atoms with Gasteiger partial charge >= 0.3 is 5.97 Å². The number of carboxylic acid groups (broad SMARTS) is 1. The minimum atomic E-state index is -0.847. The third-order valence-corrected chi connectivity index (χ3v) is 6.19. The first-order valence-electron chi connectivity index (χ1n) is 11.9. The van der Waals surface area contributed by atoms with Crippen molar-refractivity contribution in [1.29, 1.82) is 0 Å². The Hall–Kier alpha value is -3.41.